The highest BCUT2D eigenvalue weighted by Crippen LogP contribution is 2.13. The van der Waals surface area contributed by atoms with E-state index in [-0.39, 0.29) is 0 Å². The van der Waals surface area contributed by atoms with Crippen LogP contribution in [0.2, 0.25) is 11.1 Å². The van der Waals surface area contributed by atoms with Crippen molar-refractivity contribution in [2.45, 2.75) is 39.2 Å². The van der Waals surface area contributed by atoms with Crippen LogP contribution in [0.15, 0.2) is 24.3 Å². The van der Waals surface area contributed by atoms with E-state index in [2.05, 4.69) is 12.1 Å². The highest BCUT2D eigenvalue weighted by molar-refractivity contribution is 6.44. The van der Waals surface area contributed by atoms with Gasteiger partial charge in [0.05, 0.1) is 0 Å². The molecule has 0 aliphatic carbocycles. The van der Waals surface area contributed by atoms with Crippen LogP contribution in [0.25, 0.3) is 0 Å². The zero-order chi connectivity index (χ0) is 13.2. The van der Waals surface area contributed by atoms with Crippen molar-refractivity contribution in [2.75, 3.05) is 13.2 Å². The Balaban J connectivity index is 2.18. The van der Waals surface area contributed by atoms with Gasteiger partial charge in [0.15, 0.2) is 0 Å². The number of hydrogen-bond acceptors (Lipinski definition) is 2. The van der Waals surface area contributed by atoms with E-state index in [1.807, 2.05) is 26.0 Å². The number of unbranched alkanes of at least 4 members (excludes halogenated alkanes) is 1. The molecule has 102 valence electrons. The summed E-state index contributed by atoms with van der Waals surface area (Å²) >= 11 is 5.86. The van der Waals surface area contributed by atoms with Crippen LogP contribution < -0.4 is 0 Å². The van der Waals surface area contributed by atoms with Crippen LogP contribution in [-0.4, -0.2) is 22.5 Å². The molecule has 0 bridgehead atoms. The maximum Gasteiger partial charge on any atom is 0.321 e. The van der Waals surface area contributed by atoms with Gasteiger partial charge >= 0.3 is 9.28 Å². The maximum absolute atomic E-state index is 5.86. The molecule has 4 heteroatoms. The van der Waals surface area contributed by atoms with Crippen molar-refractivity contribution in [3.8, 4) is 0 Å². The quantitative estimate of drug-likeness (QED) is 0.505. The van der Waals surface area contributed by atoms with E-state index in [0.717, 1.165) is 30.7 Å². The minimum atomic E-state index is -1.39. The van der Waals surface area contributed by atoms with Gasteiger partial charge < -0.3 is 8.85 Å². The van der Waals surface area contributed by atoms with Crippen molar-refractivity contribution in [1.82, 2.24) is 0 Å². The normalized spacial score (nSPS) is 11.1. The molecule has 18 heavy (non-hydrogen) atoms. The summed E-state index contributed by atoms with van der Waals surface area (Å²) in [5.74, 6) is 0. The molecule has 0 aromatic heterocycles. The molecule has 0 unspecified atom stereocenters. The van der Waals surface area contributed by atoms with Crippen LogP contribution in [0.3, 0.4) is 0 Å². The standard InChI is InChI=1S/C14H23ClO2Si/c1-3-16-18(17-4-2)12-6-5-7-13-8-10-14(15)11-9-13/h8-11,18H,3-7,12H2,1-2H3. The van der Waals surface area contributed by atoms with Crippen LogP contribution in [0.4, 0.5) is 0 Å². The molecule has 1 aromatic rings. The molecule has 0 heterocycles. The third-order valence-electron chi connectivity index (χ3n) is 2.77. The Kier molecular flexibility index (Phi) is 8.34. The topological polar surface area (TPSA) is 18.5 Å². The Morgan fingerprint density at radius 1 is 1.00 bits per heavy atom. The van der Waals surface area contributed by atoms with E-state index in [1.54, 1.807) is 0 Å². The smallest absolute Gasteiger partial charge is 0.321 e. The number of benzene rings is 1. The Bertz CT molecular complexity index is 310. The van der Waals surface area contributed by atoms with E-state index in [1.165, 1.54) is 18.4 Å². The lowest BCUT2D eigenvalue weighted by molar-refractivity contribution is 0.212. The molecular weight excluding hydrogens is 264 g/mol. The SMILES string of the molecule is CCO[SiH](CCCCc1ccc(Cl)cc1)OCC. The lowest BCUT2D eigenvalue weighted by Gasteiger charge is -2.14. The molecule has 2 nitrogen and oxygen atoms in total. The second-order valence-corrected chi connectivity index (χ2v) is 6.75. The molecule has 0 aliphatic heterocycles. The summed E-state index contributed by atoms with van der Waals surface area (Å²) in [5, 5.41) is 0.805. The van der Waals surface area contributed by atoms with E-state index >= 15 is 0 Å². The third kappa shape index (κ3) is 6.54. The van der Waals surface area contributed by atoms with Crippen molar-refractivity contribution in [1.29, 1.82) is 0 Å². The number of aryl methyl sites for hydroxylation is 1. The van der Waals surface area contributed by atoms with Gasteiger partial charge in [-0.25, -0.2) is 0 Å². The van der Waals surface area contributed by atoms with Crippen molar-refractivity contribution >= 4 is 20.9 Å². The fraction of sp³-hybridized carbons (Fsp3) is 0.571. The lowest BCUT2D eigenvalue weighted by atomic mass is 10.1. The van der Waals surface area contributed by atoms with Gasteiger partial charge in [0, 0.05) is 18.2 Å². The summed E-state index contributed by atoms with van der Waals surface area (Å²) in [5.41, 5.74) is 1.35. The Morgan fingerprint density at radius 2 is 1.61 bits per heavy atom. The van der Waals surface area contributed by atoms with Gasteiger partial charge in [-0.1, -0.05) is 30.2 Å². The molecule has 0 saturated heterocycles. The van der Waals surface area contributed by atoms with Gasteiger partial charge in [-0.2, -0.15) is 0 Å². The maximum atomic E-state index is 5.86. The van der Waals surface area contributed by atoms with Crippen molar-refractivity contribution in [3.63, 3.8) is 0 Å². The molecule has 0 saturated carbocycles. The second-order valence-electron chi connectivity index (χ2n) is 4.21. The van der Waals surface area contributed by atoms with Crippen LogP contribution in [0, 0.1) is 0 Å². The number of halogens is 1. The number of hydrogen-bond donors (Lipinski definition) is 0. The first kappa shape index (κ1) is 15.7. The first-order valence-corrected chi connectivity index (χ1v) is 8.87. The first-order chi connectivity index (χ1) is 8.76. The average Bonchev–Trinajstić information content (AvgIpc) is 2.37. The van der Waals surface area contributed by atoms with Gasteiger partial charge in [-0.3, -0.25) is 0 Å². The summed E-state index contributed by atoms with van der Waals surface area (Å²) in [7, 11) is -1.39. The fourth-order valence-corrected chi connectivity index (χ4v) is 3.80. The molecular formula is C14H23ClO2Si. The van der Waals surface area contributed by atoms with Crippen LogP contribution in [-0.2, 0) is 15.3 Å². The van der Waals surface area contributed by atoms with E-state index in [4.69, 9.17) is 20.5 Å². The molecule has 1 rings (SSSR count). The van der Waals surface area contributed by atoms with Crippen molar-refractivity contribution in [3.05, 3.63) is 34.9 Å². The summed E-state index contributed by atoms with van der Waals surface area (Å²) in [4.78, 5) is 0. The molecule has 0 amide bonds. The Labute approximate surface area is 117 Å². The van der Waals surface area contributed by atoms with E-state index < -0.39 is 9.28 Å². The Hall–Kier alpha value is -0.353. The van der Waals surface area contributed by atoms with Crippen LogP contribution >= 0.6 is 11.6 Å². The fourth-order valence-electron chi connectivity index (χ4n) is 1.88. The molecule has 0 N–H and O–H groups in total. The highest BCUT2D eigenvalue weighted by Gasteiger charge is 2.10. The lowest BCUT2D eigenvalue weighted by Crippen LogP contribution is -2.22. The van der Waals surface area contributed by atoms with Gasteiger partial charge in [0.1, 0.15) is 0 Å². The molecule has 0 atom stereocenters. The minimum absolute atomic E-state index is 0.772. The van der Waals surface area contributed by atoms with Crippen molar-refractivity contribution in [2.24, 2.45) is 0 Å². The predicted molar refractivity (Wildman–Crippen MR) is 79.6 cm³/mol. The molecule has 0 fully saturated rings. The molecule has 0 radical (unpaired) electrons. The summed E-state index contributed by atoms with van der Waals surface area (Å²) in [6.45, 7) is 5.61. The predicted octanol–water partition coefficient (Wildman–Crippen LogP) is 3.96. The van der Waals surface area contributed by atoms with Gasteiger partial charge in [-0.05, 0) is 50.4 Å². The zero-order valence-electron chi connectivity index (χ0n) is 11.3. The average molecular weight is 287 g/mol. The summed E-state index contributed by atoms with van der Waals surface area (Å²) in [6, 6.07) is 9.21. The van der Waals surface area contributed by atoms with Crippen LogP contribution in [0.1, 0.15) is 32.3 Å². The summed E-state index contributed by atoms with van der Waals surface area (Å²) < 4.78 is 11.3. The van der Waals surface area contributed by atoms with E-state index in [9.17, 15) is 0 Å². The van der Waals surface area contributed by atoms with Gasteiger partial charge in [-0.15, -0.1) is 0 Å². The van der Waals surface area contributed by atoms with E-state index in [0.29, 0.717) is 0 Å². The largest absolute Gasteiger partial charge is 0.397 e. The monoisotopic (exact) mass is 286 g/mol. The Morgan fingerprint density at radius 3 is 2.17 bits per heavy atom. The molecule has 0 spiro atoms. The molecule has 0 aliphatic rings. The number of rotatable bonds is 9. The summed E-state index contributed by atoms with van der Waals surface area (Å²) in [6.07, 6.45) is 3.47. The van der Waals surface area contributed by atoms with Gasteiger partial charge in [0.2, 0.25) is 0 Å². The minimum Gasteiger partial charge on any atom is -0.397 e. The zero-order valence-corrected chi connectivity index (χ0v) is 13.2. The van der Waals surface area contributed by atoms with Crippen LogP contribution in [0.5, 0.6) is 0 Å². The first-order valence-electron chi connectivity index (χ1n) is 6.74. The highest BCUT2D eigenvalue weighted by atomic mass is 35.5. The molecule has 1 aromatic carbocycles. The van der Waals surface area contributed by atoms with Gasteiger partial charge in [0.25, 0.3) is 0 Å². The third-order valence-corrected chi connectivity index (χ3v) is 5.32. The van der Waals surface area contributed by atoms with Crippen molar-refractivity contribution < 1.29 is 8.85 Å². The second kappa shape index (κ2) is 9.56.